The second-order valence-corrected chi connectivity index (χ2v) is 9.17. The number of hydrogen-bond acceptors (Lipinski definition) is 1. The molecule has 0 atom stereocenters. The van der Waals surface area contributed by atoms with Crippen molar-refractivity contribution in [3.8, 4) is 5.75 Å². The fourth-order valence-electron chi connectivity index (χ4n) is 4.17. The van der Waals surface area contributed by atoms with Gasteiger partial charge < -0.3 is 4.74 Å². The summed E-state index contributed by atoms with van der Waals surface area (Å²) in [5.41, 5.74) is 3.91. The first-order valence-corrected chi connectivity index (χ1v) is 11.1. The summed E-state index contributed by atoms with van der Waals surface area (Å²) in [4.78, 5) is 0. The molecule has 1 aliphatic rings. The molecule has 4 aromatic carbocycles. The molecule has 1 heterocycles. The summed E-state index contributed by atoms with van der Waals surface area (Å²) < 4.78 is 8.94. The van der Waals surface area contributed by atoms with Gasteiger partial charge in [0.25, 0.3) is 0 Å². The highest BCUT2D eigenvalue weighted by atomic mass is 79.9. The van der Waals surface area contributed by atoms with Gasteiger partial charge >= 0.3 is 0 Å². The summed E-state index contributed by atoms with van der Waals surface area (Å²) in [6.45, 7) is 2.18. The maximum atomic E-state index is 6.84. The van der Waals surface area contributed by atoms with Crippen LogP contribution in [0.25, 0.3) is 16.3 Å². The second kappa shape index (κ2) is 7.16. The van der Waals surface area contributed by atoms with E-state index in [1.165, 1.54) is 21.9 Å². The van der Waals surface area contributed by atoms with Crippen molar-refractivity contribution in [1.29, 1.82) is 0 Å². The van der Waals surface area contributed by atoms with Crippen LogP contribution in [0.1, 0.15) is 23.6 Å². The molecule has 0 spiro atoms. The molecule has 0 saturated heterocycles. The molecule has 1 aliphatic heterocycles. The Bertz CT molecular complexity index is 1190. The Morgan fingerprint density at radius 1 is 0.690 bits per heavy atom. The molecule has 0 fully saturated rings. The molecule has 5 rings (SSSR count). The first kappa shape index (κ1) is 18.7. The average Bonchev–Trinajstić information content (AvgIpc) is 2.74. The van der Waals surface area contributed by atoms with Gasteiger partial charge in [0.05, 0.1) is 0 Å². The van der Waals surface area contributed by atoms with Crippen LogP contribution in [-0.2, 0) is 5.60 Å². The lowest BCUT2D eigenvalue weighted by Crippen LogP contribution is -2.35. The van der Waals surface area contributed by atoms with Crippen LogP contribution >= 0.6 is 31.9 Å². The van der Waals surface area contributed by atoms with Gasteiger partial charge in [-0.2, -0.15) is 0 Å². The number of ether oxygens (including phenoxy) is 1. The number of fused-ring (bicyclic) bond motifs is 3. The standard InChI is InChI=1S/C26H18Br2O/c1-17-16-26(19-7-11-21(27)12-8-19,20-9-13-22(28)14-10-20)29-24-15-6-18-4-2-3-5-23(18)25(17)24/h2-16H,1H3. The quantitative estimate of drug-likeness (QED) is 0.267. The maximum absolute atomic E-state index is 6.84. The van der Waals surface area contributed by atoms with Crippen LogP contribution in [-0.4, -0.2) is 0 Å². The van der Waals surface area contributed by atoms with E-state index in [4.69, 9.17) is 4.74 Å². The third-order valence-electron chi connectivity index (χ3n) is 5.52. The number of rotatable bonds is 2. The molecule has 0 radical (unpaired) electrons. The lowest BCUT2D eigenvalue weighted by molar-refractivity contribution is 0.160. The SMILES string of the molecule is CC1=CC(c2ccc(Br)cc2)(c2ccc(Br)cc2)Oc2ccc3ccccc3c21. The van der Waals surface area contributed by atoms with E-state index in [9.17, 15) is 0 Å². The van der Waals surface area contributed by atoms with Crippen LogP contribution in [0, 0.1) is 0 Å². The largest absolute Gasteiger partial charge is 0.473 e. The molecule has 4 aromatic rings. The molecule has 142 valence electrons. The molecule has 0 bridgehead atoms. The fourth-order valence-corrected chi connectivity index (χ4v) is 4.70. The zero-order valence-electron chi connectivity index (χ0n) is 15.8. The van der Waals surface area contributed by atoms with Crippen molar-refractivity contribution in [3.05, 3.63) is 117 Å². The van der Waals surface area contributed by atoms with Crippen molar-refractivity contribution in [3.63, 3.8) is 0 Å². The molecule has 3 heteroatoms. The van der Waals surface area contributed by atoms with Gasteiger partial charge in [-0.15, -0.1) is 0 Å². The maximum Gasteiger partial charge on any atom is 0.178 e. The van der Waals surface area contributed by atoms with E-state index in [-0.39, 0.29) is 0 Å². The van der Waals surface area contributed by atoms with Gasteiger partial charge in [-0.1, -0.05) is 86.5 Å². The summed E-state index contributed by atoms with van der Waals surface area (Å²) in [6, 6.07) is 29.5. The number of benzene rings is 4. The third-order valence-corrected chi connectivity index (χ3v) is 6.58. The number of halogens is 2. The van der Waals surface area contributed by atoms with Crippen LogP contribution in [0.4, 0.5) is 0 Å². The van der Waals surface area contributed by atoms with Crippen LogP contribution in [0.5, 0.6) is 5.75 Å². The molecule has 0 unspecified atom stereocenters. The summed E-state index contributed by atoms with van der Waals surface area (Å²) in [7, 11) is 0. The molecule has 0 N–H and O–H groups in total. The topological polar surface area (TPSA) is 9.23 Å². The molecule has 0 aromatic heterocycles. The first-order valence-electron chi connectivity index (χ1n) is 9.49. The minimum atomic E-state index is -0.680. The van der Waals surface area contributed by atoms with Crippen molar-refractivity contribution >= 4 is 48.2 Å². The van der Waals surface area contributed by atoms with E-state index in [0.717, 1.165) is 25.8 Å². The van der Waals surface area contributed by atoms with E-state index in [0.29, 0.717) is 0 Å². The Kier molecular flexibility index (Phi) is 4.60. The lowest BCUT2D eigenvalue weighted by Gasteiger charge is -2.38. The molecular formula is C26H18Br2O. The molecule has 29 heavy (non-hydrogen) atoms. The fraction of sp³-hybridized carbons (Fsp3) is 0.0769. The minimum Gasteiger partial charge on any atom is -0.473 e. The lowest BCUT2D eigenvalue weighted by atomic mass is 9.81. The van der Waals surface area contributed by atoms with Crippen LogP contribution in [0.2, 0.25) is 0 Å². The monoisotopic (exact) mass is 504 g/mol. The smallest absolute Gasteiger partial charge is 0.178 e. The Morgan fingerprint density at radius 3 is 1.90 bits per heavy atom. The highest BCUT2D eigenvalue weighted by Gasteiger charge is 2.38. The molecule has 0 aliphatic carbocycles. The van der Waals surface area contributed by atoms with E-state index in [2.05, 4.69) is 130 Å². The number of hydrogen-bond donors (Lipinski definition) is 0. The van der Waals surface area contributed by atoms with Gasteiger partial charge in [0, 0.05) is 25.6 Å². The molecule has 0 amide bonds. The minimum absolute atomic E-state index is 0.680. The third kappa shape index (κ3) is 3.13. The van der Waals surface area contributed by atoms with Gasteiger partial charge in [0.2, 0.25) is 0 Å². The summed E-state index contributed by atoms with van der Waals surface area (Å²) in [5.74, 6) is 0.912. The Labute approximate surface area is 187 Å². The summed E-state index contributed by atoms with van der Waals surface area (Å²) in [6.07, 6.45) is 2.26. The summed E-state index contributed by atoms with van der Waals surface area (Å²) >= 11 is 7.11. The van der Waals surface area contributed by atoms with Crippen LogP contribution in [0.3, 0.4) is 0 Å². The van der Waals surface area contributed by atoms with Crippen molar-refractivity contribution in [2.45, 2.75) is 12.5 Å². The highest BCUT2D eigenvalue weighted by molar-refractivity contribution is 9.10. The Morgan fingerprint density at radius 2 is 1.28 bits per heavy atom. The van der Waals surface area contributed by atoms with Gasteiger partial charge in [-0.05, 0) is 59.7 Å². The van der Waals surface area contributed by atoms with Gasteiger partial charge in [-0.3, -0.25) is 0 Å². The van der Waals surface area contributed by atoms with Gasteiger partial charge in [0.1, 0.15) is 5.75 Å². The van der Waals surface area contributed by atoms with Crippen molar-refractivity contribution in [2.24, 2.45) is 0 Å². The molecular weight excluding hydrogens is 488 g/mol. The molecule has 1 nitrogen and oxygen atoms in total. The summed E-state index contributed by atoms with van der Waals surface area (Å²) in [5, 5.41) is 2.45. The van der Waals surface area contributed by atoms with Crippen molar-refractivity contribution in [2.75, 3.05) is 0 Å². The predicted octanol–water partition coefficient (Wildman–Crippen LogP) is 8.10. The molecule has 0 saturated carbocycles. The Balaban J connectivity index is 1.78. The zero-order chi connectivity index (χ0) is 20.0. The van der Waals surface area contributed by atoms with E-state index in [1.54, 1.807) is 0 Å². The second-order valence-electron chi connectivity index (χ2n) is 7.34. The van der Waals surface area contributed by atoms with Crippen LogP contribution in [0.15, 0.2) is 100.0 Å². The van der Waals surface area contributed by atoms with E-state index in [1.807, 2.05) is 0 Å². The normalized spacial score (nSPS) is 14.8. The predicted molar refractivity (Wildman–Crippen MR) is 127 cm³/mol. The average molecular weight is 506 g/mol. The number of allylic oxidation sites excluding steroid dienone is 1. The van der Waals surface area contributed by atoms with Gasteiger partial charge in [-0.25, -0.2) is 0 Å². The Hall–Kier alpha value is -2.36. The van der Waals surface area contributed by atoms with Crippen LogP contribution < -0.4 is 4.74 Å². The first-order chi connectivity index (χ1) is 14.1. The highest BCUT2D eigenvalue weighted by Crippen LogP contribution is 2.47. The van der Waals surface area contributed by atoms with E-state index < -0.39 is 5.60 Å². The van der Waals surface area contributed by atoms with Crippen molar-refractivity contribution < 1.29 is 4.74 Å². The van der Waals surface area contributed by atoms with Crippen molar-refractivity contribution in [1.82, 2.24) is 0 Å². The van der Waals surface area contributed by atoms with E-state index >= 15 is 0 Å². The zero-order valence-corrected chi connectivity index (χ0v) is 19.0. The van der Waals surface area contributed by atoms with Gasteiger partial charge in [0.15, 0.2) is 5.60 Å².